The van der Waals surface area contributed by atoms with Gasteiger partial charge in [-0.3, -0.25) is 0 Å². The SMILES string of the molecule is COc1cc2c(cc1-c1c(C)noc1C)[nH]c1nc(C)nc(Nc3cc(C)nn3C3CCCC3)c12. The van der Waals surface area contributed by atoms with Gasteiger partial charge in [0.25, 0.3) is 0 Å². The van der Waals surface area contributed by atoms with Gasteiger partial charge in [-0.2, -0.15) is 5.10 Å². The highest BCUT2D eigenvalue weighted by atomic mass is 16.5. The Labute approximate surface area is 202 Å². The Hall–Kier alpha value is -3.88. The summed E-state index contributed by atoms with van der Waals surface area (Å²) < 4.78 is 13.4. The molecule has 0 aliphatic heterocycles. The number of aromatic nitrogens is 6. The van der Waals surface area contributed by atoms with E-state index in [1.54, 1.807) is 7.11 Å². The molecule has 180 valence electrons. The fraction of sp³-hybridized carbons (Fsp3) is 0.385. The van der Waals surface area contributed by atoms with Crippen molar-refractivity contribution in [2.45, 2.75) is 59.4 Å². The van der Waals surface area contributed by atoms with Crippen molar-refractivity contribution in [2.24, 2.45) is 0 Å². The number of ether oxygens (including phenoxy) is 1. The van der Waals surface area contributed by atoms with Crippen molar-refractivity contribution in [1.29, 1.82) is 0 Å². The molecule has 9 nitrogen and oxygen atoms in total. The van der Waals surface area contributed by atoms with Crippen LogP contribution in [0, 0.1) is 27.7 Å². The summed E-state index contributed by atoms with van der Waals surface area (Å²) in [5.41, 5.74) is 5.41. The van der Waals surface area contributed by atoms with Crippen LogP contribution < -0.4 is 10.1 Å². The predicted molar refractivity (Wildman–Crippen MR) is 135 cm³/mol. The predicted octanol–water partition coefficient (Wildman–Crippen LogP) is 6.06. The lowest BCUT2D eigenvalue weighted by atomic mass is 10.0. The number of anilines is 2. The first-order valence-electron chi connectivity index (χ1n) is 12.1. The highest BCUT2D eigenvalue weighted by Crippen LogP contribution is 2.41. The Morgan fingerprint density at radius 2 is 1.89 bits per heavy atom. The average molecular weight is 472 g/mol. The van der Waals surface area contributed by atoms with Gasteiger partial charge in [-0.05, 0) is 52.7 Å². The lowest BCUT2D eigenvalue weighted by Crippen LogP contribution is -2.11. The summed E-state index contributed by atoms with van der Waals surface area (Å²) in [7, 11) is 1.68. The van der Waals surface area contributed by atoms with E-state index in [4.69, 9.17) is 24.3 Å². The molecule has 0 unspecified atom stereocenters. The first-order chi connectivity index (χ1) is 16.9. The summed E-state index contributed by atoms with van der Waals surface area (Å²) in [6, 6.07) is 6.63. The number of aryl methyl sites for hydroxylation is 4. The van der Waals surface area contributed by atoms with Gasteiger partial charge in [0, 0.05) is 22.5 Å². The average Bonchev–Trinajstić information content (AvgIpc) is 3.59. The lowest BCUT2D eigenvalue weighted by molar-refractivity contribution is 0.393. The van der Waals surface area contributed by atoms with Crippen molar-refractivity contribution in [3.05, 3.63) is 41.2 Å². The van der Waals surface area contributed by atoms with Gasteiger partial charge in [0.15, 0.2) is 0 Å². The minimum atomic E-state index is 0.422. The second-order valence-corrected chi connectivity index (χ2v) is 9.44. The highest BCUT2D eigenvalue weighted by molar-refractivity contribution is 6.13. The number of benzene rings is 1. The number of fused-ring (bicyclic) bond motifs is 3. The molecule has 0 saturated heterocycles. The van der Waals surface area contributed by atoms with Crippen LogP contribution in [0.5, 0.6) is 5.75 Å². The summed E-state index contributed by atoms with van der Waals surface area (Å²) in [6.45, 7) is 7.79. The van der Waals surface area contributed by atoms with Crippen molar-refractivity contribution >= 4 is 33.6 Å². The zero-order chi connectivity index (χ0) is 24.3. The van der Waals surface area contributed by atoms with Crippen LogP contribution >= 0.6 is 0 Å². The number of rotatable bonds is 5. The molecule has 4 heterocycles. The van der Waals surface area contributed by atoms with E-state index >= 15 is 0 Å². The Morgan fingerprint density at radius 3 is 2.60 bits per heavy atom. The lowest BCUT2D eigenvalue weighted by Gasteiger charge is -2.15. The highest BCUT2D eigenvalue weighted by Gasteiger charge is 2.23. The van der Waals surface area contributed by atoms with Crippen molar-refractivity contribution < 1.29 is 9.26 Å². The number of hydrogen-bond donors (Lipinski definition) is 2. The molecule has 0 amide bonds. The van der Waals surface area contributed by atoms with Gasteiger partial charge < -0.3 is 19.6 Å². The maximum absolute atomic E-state index is 5.82. The van der Waals surface area contributed by atoms with E-state index < -0.39 is 0 Å². The molecule has 35 heavy (non-hydrogen) atoms. The van der Waals surface area contributed by atoms with E-state index in [0.29, 0.717) is 11.9 Å². The Balaban J connectivity index is 1.53. The third-order valence-corrected chi connectivity index (χ3v) is 6.96. The van der Waals surface area contributed by atoms with Crippen LogP contribution in [0.25, 0.3) is 33.1 Å². The quantitative estimate of drug-likeness (QED) is 0.321. The summed E-state index contributed by atoms with van der Waals surface area (Å²) in [6.07, 6.45) is 4.80. The summed E-state index contributed by atoms with van der Waals surface area (Å²) in [5.74, 6) is 3.90. The summed E-state index contributed by atoms with van der Waals surface area (Å²) >= 11 is 0. The molecule has 1 fully saturated rings. The Bertz CT molecular complexity index is 1550. The minimum absolute atomic E-state index is 0.422. The maximum Gasteiger partial charge on any atom is 0.145 e. The smallest absolute Gasteiger partial charge is 0.145 e. The van der Waals surface area contributed by atoms with E-state index in [-0.39, 0.29) is 0 Å². The van der Waals surface area contributed by atoms with Crippen LogP contribution in [0.15, 0.2) is 22.7 Å². The number of H-pyrrole nitrogens is 1. The second kappa shape index (κ2) is 8.11. The number of hydrogen-bond acceptors (Lipinski definition) is 7. The summed E-state index contributed by atoms with van der Waals surface area (Å²) in [5, 5.41) is 14.4. The van der Waals surface area contributed by atoms with Gasteiger partial charge >= 0.3 is 0 Å². The molecule has 2 N–H and O–H groups in total. The molecule has 4 aromatic heterocycles. The van der Waals surface area contributed by atoms with Crippen LogP contribution in [0.2, 0.25) is 0 Å². The monoisotopic (exact) mass is 471 g/mol. The van der Waals surface area contributed by atoms with Crippen molar-refractivity contribution in [3.63, 3.8) is 0 Å². The first-order valence-corrected chi connectivity index (χ1v) is 12.1. The third-order valence-electron chi connectivity index (χ3n) is 6.96. The van der Waals surface area contributed by atoms with Crippen LogP contribution in [0.3, 0.4) is 0 Å². The second-order valence-electron chi connectivity index (χ2n) is 9.44. The van der Waals surface area contributed by atoms with Crippen LogP contribution in [-0.2, 0) is 0 Å². The zero-order valence-electron chi connectivity index (χ0n) is 20.7. The van der Waals surface area contributed by atoms with Gasteiger partial charge in [-0.1, -0.05) is 18.0 Å². The van der Waals surface area contributed by atoms with Gasteiger partial charge in [0.2, 0.25) is 0 Å². The third kappa shape index (κ3) is 3.53. The van der Waals surface area contributed by atoms with Crippen molar-refractivity contribution in [2.75, 3.05) is 12.4 Å². The first kappa shape index (κ1) is 21.6. The van der Waals surface area contributed by atoms with Gasteiger partial charge in [-0.25, -0.2) is 14.6 Å². The van der Waals surface area contributed by atoms with Crippen LogP contribution in [0.1, 0.15) is 54.7 Å². The fourth-order valence-corrected chi connectivity index (χ4v) is 5.42. The largest absolute Gasteiger partial charge is 0.496 e. The molecule has 6 rings (SSSR count). The molecular weight excluding hydrogens is 442 g/mol. The Morgan fingerprint density at radius 1 is 1.09 bits per heavy atom. The molecule has 5 aromatic rings. The molecule has 0 radical (unpaired) electrons. The van der Waals surface area contributed by atoms with Gasteiger partial charge in [0.1, 0.15) is 34.6 Å². The van der Waals surface area contributed by atoms with Crippen LogP contribution in [0.4, 0.5) is 11.6 Å². The van der Waals surface area contributed by atoms with E-state index in [0.717, 1.165) is 80.4 Å². The van der Waals surface area contributed by atoms with Gasteiger partial charge in [-0.15, -0.1) is 0 Å². The van der Waals surface area contributed by atoms with Gasteiger partial charge in [0.05, 0.1) is 35.5 Å². The molecular formula is C26H29N7O2. The van der Waals surface area contributed by atoms with Crippen molar-refractivity contribution in [3.8, 4) is 16.9 Å². The van der Waals surface area contributed by atoms with E-state index in [1.165, 1.54) is 12.8 Å². The zero-order valence-corrected chi connectivity index (χ0v) is 20.7. The van der Waals surface area contributed by atoms with E-state index in [9.17, 15) is 0 Å². The molecule has 0 atom stereocenters. The van der Waals surface area contributed by atoms with E-state index in [1.807, 2.05) is 33.8 Å². The molecule has 9 heteroatoms. The maximum atomic E-state index is 5.82. The molecule has 0 spiro atoms. The summed E-state index contributed by atoms with van der Waals surface area (Å²) in [4.78, 5) is 13.0. The standard InChI is InChI=1S/C26H29N7O2/c1-13-10-22(33(31-13)17-8-6-7-9-17)30-26-24-18-12-21(34-5)19(23-14(2)32-35-15(23)3)11-20(18)29-25(24)27-16(4)28-26/h10-12,17H,6-9H2,1-5H3,(H2,27,28,29,30). The molecule has 1 saturated carbocycles. The van der Waals surface area contributed by atoms with E-state index in [2.05, 4.69) is 32.3 Å². The number of nitrogens with zero attached hydrogens (tertiary/aromatic N) is 5. The topological polar surface area (TPSA) is 107 Å². The fourth-order valence-electron chi connectivity index (χ4n) is 5.42. The normalized spacial score (nSPS) is 14.4. The van der Waals surface area contributed by atoms with Crippen molar-refractivity contribution in [1.82, 2.24) is 29.9 Å². The number of aromatic amines is 1. The number of methoxy groups -OCH3 is 1. The number of nitrogens with one attached hydrogen (secondary N) is 2. The minimum Gasteiger partial charge on any atom is -0.496 e. The van der Waals surface area contributed by atoms with Crippen LogP contribution in [-0.4, -0.2) is 37.0 Å². The molecule has 0 bridgehead atoms. The Kier molecular flexibility index (Phi) is 5.01. The molecule has 1 aliphatic carbocycles. The molecule has 1 aromatic carbocycles. The molecule has 1 aliphatic rings.